The summed E-state index contributed by atoms with van der Waals surface area (Å²) in [6, 6.07) is 21.4. The number of thiophene rings is 1. The quantitative estimate of drug-likeness (QED) is 0.495. The summed E-state index contributed by atoms with van der Waals surface area (Å²) in [5.41, 5.74) is 1.77. The highest BCUT2D eigenvalue weighted by molar-refractivity contribution is 7.09. The van der Waals surface area contributed by atoms with Gasteiger partial charge in [0.2, 0.25) is 5.91 Å². The van der Waals surface area contributed by atoms with Gasteiger partial charge in [-0.2, -0.15) is 0 Å². The number of nitrogens with one attached hydrogen (secondary N) is 1. The minimum Gasteiger partial charge on any atom is -0.497 e. The van der Waals surface area contributed by atoms with E-state index in [9.17, 15) is 9.59 Å². The zero-order chi connectivity index (χ0) is 25.6. The third-order valence-corrected chi connectivity index (χ3v) is 8.12. The van der Waals surface area contributed by atoms with Gasteiger partial charge in [0.25, 0.3) is 5.91 Å². The summed E-state index contributed by atoms with van der Waals surface area (Å²) in [6.07, 6.45) is 0.622. The maximum absolute atomic E-state index is 13.8. The first kappa shape index (κ1) is 25.4. The molecule has 2 saturated heterocycles. The average Bonchev–Trinajstić information content (AvgIpc) is 3.63. The van der Waals surface area contributed by atoms with Crippen molar-refractivity contribution in [2.75, 3.05) is 39.8 Å². The number of methoxy groups -OCH3 is 1. The van der Waals surface area contributed by atoms with E-state index >= 15 is 0 Å². The molecule has 3 aromatic rings. The van der Waals surface area contributed by atoms with Gasteiger partial charge in [-0.15, -0.1) is 11.3 Å². The molecule has 0 bridgehead atoms. The van der Waals surface area contributed by atoms with Crippen molar-refractivity contribution in [3.8, 4) is 5.75 Å². The zero-order valence-electron chi connectivity index (χ0n) is 21.2. The maximum Gasteiger partial charge on any atom is 0.254 e. The Bertz CT molecular complexity index is 1180. The largest absolute Gasteiger partial charge is 0.497 e. The minimum absolute atomic E-state index is 0.0519. The van der Waals surface area contributed by atoms with Crippen molar-refractivity contribution in [1.29, 1.82) is 0 Å². The van der Waals surface area contributed by atoms with Crippen molar-refractivity contribution in [2.45, 2.75) is 31.6 Å². The van der Waals surface area contributed by atoms with E-state index in [4.69, 9.17) is 4.74 Å². The van der Waals surface area contributed by atoms with Gasteiger partial charge in [0.1, 0.15) is 11.8 Å². The fraction of sp³-hybridized carbons (Fsp3) is 0.379. The number of hydrogen-bond donors (Lipinski definition) is 1. The number of benzene rings is 2. The highest BCUT2D eigenvalue weighted by Gasteiger charge is 2.43. The highest BCUT2D eigenvalue weighted by atomic mass is 32.1. The predicted molar refractivity (Wildman–Crippen MR) is 146 cm³/mol. The lowest BCUT2D eigenvalue weighted by atomic mass is 10.1. The molecule has 0 spiro atoms. The summed E-state index contributed by atoms with van der Waals surface area (Å²) >= 11 is 1.74. The third kappa shape index (κ3) is 6.04. The van der Waals surface area contributed by atoms with E-state index in [-0.39, 0.29) is 17.9 Å². The molecule has 2 amide bonds. The number of ether oxygens (including phenoxy) is 1. The number of nitrogens with zero attached hydrogens (tertiary/aromatic N) is 3. The molecule has 2 aliphatic heterocycles. The smallest absolute Gasteiger partial charge is 0.254 e. The molecule has 7 nitrogen and oxygen atoms in total. The Hall–Kier alpha value is -3.20. The summed E-state index contributed by atoms with van der Waals surface area (Å²) in [6.45, 7) is 4.96. The first-order valence-corrected chi connectivity index (χ1v) is 13.7. The van der Waals surface area contributed by atoms with E-state index in [1.165, 1.54) is 10.4 Å². The Labute approximate surface area is 222 Å². The van der Waals surface area contributed by atoms with Crippen molar-refractivity contribution >= 4 is 23.2 Å². The van der Waals surface area contributed by atoms with Crippen LogP contribution in [-0.2, 0) is 17.9 Å². The minimum atomic E-state index is -0.483. The number of carbonyl (C=O) groups is 2. The number of likely N-dealkylation sites (tertiary alicyclic amines) is 1. The molecule has 37 heavy (non-hydrogen) atoms. The van der Waals surface area contributed by atoms with E-state index in [1.807, 2.05) is 23.1 Å². The first-order valence-electron chi connectivity index (χ1n) is 12.9. The van der Waals surface area contributed by atoms with Gasteiger partial charge in [0.05, 0.1) is 7.11 Å². The Kier molecular flexibility index (Phi) is 8.18. The standard InChI is InChI=1S/C29H34N4O3S/c1-36-25-10-5-9-23(17-25)28(34)33-20-24(18-27(33)29(35)31-14-12-30-13-15-31)32(21-26-11-6-16-37-26)19-22-7-3-2-4-8-22/h2-11,16-17,24,27,30H,12-15,18-21H2,1H3. The van der Waals surface area contributed by atoms with Crippen LogP contribution in [0.2, 0.25) is 0 Å². The van der Waals surface area contributed by atoms with Crippen LogP contribution in [0, 0.1) is 0 Å². The topological polar surface area (TPSA) is 65.1 Å². The van der Waals surface area contributed by atoms with Gasteiger partial charge >= 0.3 is 0 Å². The van der Waals surface area contributed by atoms with Crippen LogP contribution in [0.4, 0.5) is 0 Å². The Morgan fingerprint density at radius 3 is 2.57 bits per heavy atom. The molecular weight excluding hydrogens is 484 g/mol. The number of amides is 2. The molecule has 3 heterocycles. The summed E-state index contributed by atoms with van der Waals surface area (Å²) in [5.74, 6) is 0.566. The van der Waals surface area contributed by atoms with Crippen LogP contribution < -0.4 is 10.1 Å². The molecule has 2 aliphatic rings. The van der Waals surface area contributed by atoms with Crippen LogP contribution in [0.1, 0.15) is 27.2 Å². The zero-order valence-corrected chi connectivity index (χ0v) is 22.0. The molecule has 8 heteroatoms. The lowest BCUT2D eigenvalue weighted by Crippen LogP contribution is -2.53. The highest BCUT2D eigenvalue weighted by Crippen LogP contribution is 2.29. The lowest BCUT2D eigenvalue weighted by Gasteiger charge is -2.32. The number of hydrogen-bond acceptors (Lipinski definition) is 6. The fourth-order valence-electron chi connectivity index (χ4n) is 5.29. The van der Waals surface area contributed by atoms with Crippen molar-refractivity contribution < 1.29 is 14.3 Å². The molecule has 1 aromatic heterocycles. The Balaban J connectivity index is 1.43. The first-order chi connectivity index (χ1) is 18.1. The monoisotopic (exact) mass is 518 g/mol. The molecule has 0 saturated carbocycles. The van der Waals surface area contributed by atoms with Gasteiger partial charge in [-0.3, -0.25) is 14.5 Å². The van der Waals surface area contributed by atoms with Crippen LogP contribution >= 0.6 is 11.3 Å². The van der Waals surface area contributed by atoms with Gasteiger partial charge in [0.15, 0.2) is 0 Å². The summed E-state index contributed by atoms with van der Waals surface area (Å²) in [7, 11) is 1.60. The second kappa shape index (κ2) is 11.9. The van der Waals surface area contributed by atoms with Crippen LogP contribution in [-0.4, -0.2) is 78.4 Å². The van der Waals surface area contributed by atoms with Gasteiger partial charge < -0.3 is 19.9 Å². The predicted octanol–water partition coefficient (Wildman–Crippen LogP) is 3.47. The number of piperazine rings is 1. The Morgan fingerprint density at radius 2 is 1.84 bits per heavy atom. The molecule has 0 radical (unpaired) electrons. The van der Waals surface area contributed by atoms with E-state index in [0.29, 0.717) is 37.4 Å². The van der Waals surface area contributed by atoms with Crippen LogP contribution in [0.15, 0.2) is 72.1 Å². The second-order valence-corrected chi connectivity index (χ2v) is 10.7. The third-order valence-electron chi connectivity index (χ3n) is 7.25. The molecule has 2 atom stereocenters. The van der Waals surface area contributed by atoms with Gasteiger partial charge in [0, 0.05) is 62.3 Å². The molecule has 1 N–H and O–H groups in total. The number of carbonyl (C=O) groups excluding carboxylic acids is 2. The van der Waals surface area contributed by atoms with Crippen molar-refractivity contribution in [1.82, 2.24) is 20.0 Å². The van der Waals surface area contributed by atoms with Gasteiger partial charge in [-0.1, -0.05) is 42.5 Å². The summed E-state index contributed by atoms with van der Waals surface area (Å²) in [4.78, 5) is 35.0. The van der Waals surface area contributed by atoms with Crippen molar-refractivity contribution in [3.63, 3.8) is 0 Å². The average molecular weight is 519 g/mol. The van der Waals surface area contributed by atoms with Gasteiger partial charge in [-0.25, -0.2) is 0 Å². The molecule has 0 aliphatic carbocycles. The van der Waals surface area contributed by atoms with Crippen LogP contribution in [0.3, 0.4) is 0 Å². The molecule has 5 rings (SSSR count). The van der Waals surface area contributed by atoms with Crippen molar-refractivity contribution in [3.05, 3.63) is 88.1 Å². The molecule has 2 aromatic carbocycles. The van der Waals surface area contributed by atoms with Crippen LogP contribution in [0.25, 0.3) is 0 Å². The maximum atomic E-state index is 13.8. The SMILES string of the molecule is COc1cccc(C(=O)N2CC(N(Cc3ccccc3)Cc3cccs3)CC2C(=O)N2CCNCC2)c1. The van der Waals surface area contributed by atoms with E-state index < -0.39 is 6.04 Å². The van der Waals surface area contributed by atoms with E-state index in [0.717, 1.165) is 26.2 Å². The van der Waals surface area contributed by atoms with Crippen LogP contribution in [0.5, 0.6) is 5.75 Å². The molecule has 2 unspecified atom stereocenters. The molecule has 194 valence electrons. The Morgan fingerprint density at radius 1 is 1.03 bits per heavy atom. The summed E-state index contributed by atoms with van der Waals surface area (Å²) in [5, 5.41) is 5.41. The van der Waals surface area contributed by atoms with Gasteiger partial charge in [-0.05, 0) is 41.6 Å². The van der Waals surface area contributed by atoms with Crippen molar-refractivity contribution in [2.24, 2.45) is 0 Å². The van der Waals surface area contributed by atoms with E-state index in [2.05, 4.69) is 52.0 Å². The lowest BCUT2D eigenvalue weighted by molar-refractivity contribution is -0.135. The second-order valence-electron chi connectivity index (χ2n) is 9.64. The number of rotatable bonds is 8. The fourth-order valence-corrected chi connectivity index (χ4v) is 6.02. The molecular formula is C29H34N4O3S. The van der Waals surface area contributed by atoms with E-state index in [1.54, 1.807) is 35.5 Å². The normalized spacial score (nSPS) is 19.8. The summed E-state index contributed by atoms with van der Waals surface area (Å²) < 4.78 is 5.36. The molecule has 2 fully saturated rings.